The molecule has 1 amide bonds. The van der Waals surface area contributed by atoms with E-state index in [1.807, 2.05) is 11.6 Å². The lowest BCUT2D eigenvalue weighted by molar-refractivity contribution is -0.127. The summed E-state index contributed by atoms with van der Waals surface area (Å²) in [5, 5.41) is 6.24. The molecule has 2 aliphatic rings. The summed E-state index contributed by atoms with van der Waals surface area (Å²) in [6.07, 6.45) is 6.25. The van der Waals surface area contributed by atoms with Crippen LogP contribution in [0.5, 0.6) is 0 Å². The molecule has 1 aromatic heterocycles. The number of aromatic nitrogens is 1. The second-order valence-electron chi connectivity index (χ2n) is 4.88. The number of nitrogens with zero attached hydrogens (tertiary/aromatic N) is 2. The number of hydrogen-bond acceptors (Lipinski definition) is 4. The van der Waals surface area contributed by atoms with E-state index in [1.54, 1.807) is 11.3 Å². The fourth-order valence-electron chi connectivity index (χ4n) is 2.41. The molecule has 5 heteroatoms. The first kappa shape index (κ1) is 11.0. The predicted octanol–water partition coefficient (Wildman–Crippen LogP) is 1.64. The van der Waals surface area contributed by atoms with Crippen molar-refractivity contribution in [1.82, 2.24) is 10.3 Å². The van der Waals surface area contributed by atoms with E-state index in [0.717, 1.165) is 37.5 Å². The zero-order valence-electron chi connectivity index (χ0n) is 9.76. The summed E-state index contributed by atoms with van der Waals surface area (Å²) in [6.45, 7) is 1.91. The molecule has 1 aromatic rings. The zero-order valence-corrected chi connectivity index (χ0v) is 10.6. The summed E-state index contributed by atoms with van der Waals surface area (Å²) in [5.41, 5.74) is 0. The van der Waals surface area contributed by atoms with Crippen LogP contribution in [-0.2, 0) is 4.79 Å². The van der Waals surface area contributed by atoms with E-state index < -0.39 is 0 Å². The Bertz CT molecular complexity index is 388. The van der Waals surface area contributed by atoms with Gasteiger partial charge in [0, 0.05) is 36.6 Å². The monoisotopic (exact) mass is 251 g/mol. The lowest BCUT2D eigenvalue weighted by Crippen LogP contribution is -2.42. The molecule has 0 spiro atoms. The molecule has 1 saturated carbocycles. The Morgan fingerprint density at radius 3 is 3.00 bits per heavy atom. The number of anilines is 1. The molecule has 17 heavy (non-hydrogen) atoms. The van der Waals surface area contributed by atoms with E-state index in [4.69, 9.17) is 0 Å². The Balaban J connectivity index is 1.52. The molecule has 2 fully saturated rings. The van der Waals surface area contributed by atoms with Gasteiger partial charge in [-0.2, -0.15) is 0 Å². The van der Waals surface area contributed by atoms with Crippen molar-refractivity contribution in [2.24, 2.45) is 5.92 Å². The summed E-state index contributed by atoms with van der Waals surface area (Å²) in [7, 11) is 0. The SMILES string of the molecule is O=C(N[C@@H]1CCN(c2nccs2)C1)C1CCC1. The fraction of sp³-hybridized carbons (Fsp3) is 0.667. The Morgan fingerprint density at radius 2 is 2.35 bits per heavy atom. The average Bonchev–Trinajstić information content (AvgIpc) is 2.82. The van der Waals surface area contributed by atoms with Gasteiger partial charge in [-0.1, -0.05) is 6.42 Å². The van der Waals surface area contributed by atoms with Gasteiger partial charge in [0.25, 0.3) is 0 Å². The molecule has 0 bridgehead atoms. The van der Waals surface area contributed by atoms with Crippen molar-refractivity contribution in [1.29, 1.82) is 0 Å². The number of rotatable bonds is 3. The maximum absolute atomic E-state index is 11.8. The van der Waals surface area contributed by atoms with Crippen molar-refractivity contribution in [2.75, 3.05) is 18.0 Å². The van der Waals surface area contributed by atoms with Crippen LogP contribution in [0.4, 0.5) is 5.13 Å². The molecule has 0 unspecified atom stereocenters. The first-order valence-electron chi connectivity index (χ1n) is 6.28. The molecule has 1 atom stereocenters. The molecule has 0 radical (unpaired) electrons. The minimum absolute atomic E-state index is 0.266. The molecule has 4 nitrogen and oxygen atoms in total. The highest BCUT2D eigenvalue weighted by molar-refractivity contribution is 7.13. The molecule has 3 rings (SSSR count). The third kappa shape index (κ3) is 2.29. The number of carbonyl (C=O) groups is 1. The summed E-state index contributed by atoms with van der Waals surface area (Å²) >= 11 is 1.67. The van der Waals surface area contributed by atoms with Crippen LogP contribution >= 0.6 is 11.3 Å². The number of thiazole rings is 1. The molecule has 92 valence electrons. The Labute approximate surface area is 105 Å². The molecular weight excluding hydrogens is 234 g/mol. The first-order valence-corrected chi connectivity index (χ1v) is 7.16. The fourth-order valence-corrected chi connectivity index (χ4v) is 3.09. The minimum Gasteiger partial charge on any atom is -0.351 e. The topological polar surface area (TPSA) is 45.2 Å². The third-order valence-corrected chi connectivity index (χ3v) is 4.53. The van der Waals surface area contributed by atoms with Gasteiger partial charge in [0.05, 0.1) is 0 Å². The van der Waals surface area contributed by atoms with Crippen LogP contribution < -0.4 is 10.2 Å². The van der Waals surface area contributed by atoms with Crippen LogP contribution in [0.25, 0.3) is 0 Å². The second-order valence-corrected chi connectivity index (χ2v) is 5.76. The van der Waals surface area contributed by atoms with E-state index in [0.29, 0.717) is 12.0 Å². The van der Waals surface area contributed by atoms with Gasteiger partial charge in [0.1, 0.15) is 0 Å². The highest BCUT2D eigenvalue weighted by Gasteiger charge is 2.30. The smallest absolute Gasteiger partial charge is 0.223 e. The van der Waals surface area contributed by atoms with Gasteiger partial charge < -0.3 is 10.2 Å². The standard InChI is InChI=1S/C12H17N3OS/c16-11(9-2-1-3-9)14-10-4-6-15(8-10)12-13-5-7-17-12/h5,7,9-10H,1-4,6,8H2,(H,14,16)/t10-/m1/s1. The van der Waals surface area contributed by atoms with Crippen LogP contribution in [0, 0.1) is 5.92 Å². The number of nitrogens with one attached hydrogen (secondary N) is 1. The lowest BCUT2D eigenvalue weighted by Gasteiger charge is -2.26. The van der Waals surface area contributed by atoms with Crippen LogP contribution in [0.15, 0.2) is 11.6 Å². The van der Waals surface area contributed by atoms with Gasteiger partial charge in [-0.05, 0) is 19.3 Å². The number of hydrogen-bond donors (Lipinski definition) is 1. The van der Waals surface area contributed by atoms with E-state index in [1.165, 1.54) is 6.42 Å². The Hall–Kier alpha value is -1.10. The normalized spacial score (nSPS) is 24.7. The minimum atomic E-state index is 0.266. The van der Waals surface area contributed by atoms with Crippen molar-refractivity contribution in [3.05, 3.63) is 11.6 Å². The highest BCUT2D eigenvalue weighted by Crippen LogP contribution is 2.27. The van der Waals surface area contributed by atoms with Gasteiger partial charge >= 0.3 is 0 Å². The highest BCUT2D eigenvalue weighted by atomic mass is 32.1. The van der Waals surface area contributed by atoms with Crippen LogP contribution in [0.1, 0.15) is 25.7 Å². The molecule has 1 aliphatic carbocycles. The lowest BCUT2D eigenvalue weighted by atomic mass is 9.84. The number of amides is 1. The van der Waals surface area contributed by atoms with Crippen LogP contribution in [-0.4, -0.2) is 30.0 Å². The quantitative estimate of drug-likeness (QED) is 0.888. The van der Waals surface area contributed by atoms with Gasteiger partial charge in [-0.3, -0.25) is 4.79 Å². The van der Waals surface area contributed by atoms with Gasteiger partial charge in [0.2, 0.25) is 5.91 Å². The van der Waals surface area contributed by atoms with Crippen molar-refractivity contribution < 1.29 is 4.79 Å². The molecule has 1 N–H and O–H groups in total. The van der Waals surface area contributed by atoms with E-state index in [2.05, 4.69) is 15.2 Å². The third-order valence-electron chi connectivity index (χ3n) is 3.70. The van der Waals surface area contributed by atoms with Gasteiger partial charge in [-0.25, -0.2) is 4.98 Å². The molecule has 1 saturated heterocycles. The Morgan fingerprint density at radius 1 is 1.47 bits per heavy atom. The average molecular weight is 251 g/mol. The zero-order chi connectivity index (χ0) is 11.7. The summed E-state index contributed by atoms with van der Waals surface area (Å²) in [4.78, 5) is 18.4. The van der Waals surface area contributed by atoms with E-state index in [-0.39, 0.29) is 5.91 Å². The second kappa shape index (κ2) is 4.64. The van der Waals surface area contributed by atoms with Gasteiger partial charge in [0.15, 0.2) is 5.13 Å². The van der Waals surface area contributed by atoms with E-state index in [9.17, 15) is 4.79 Å². The number of carbonyl (C=O) groups excluding carboxylic acids is 1. The largest absolute Gasteiger partial charge is 0.351 e. The van der Waals surface area contributed by atoms with Crippen molar-refractivity contribution >= 4 is 22.4 Å². The molecular formula is C12H17N3OS. The van der Waals surface area contributed by atoms with Crippen LogP contribution in [0.3, 0.4) is 0 Å². The molecule has 2 heterocycles. The molecule has 1 aliphatic heterocycles. The maximum Gasteiger partial charge on any atom is 0.223 e. The summed E-state index contributed by atoms with van der Waals surface area (Å²) < 4.78 is 0. The van der Waals surface area contributed by atoms with Crippen LogP contribution in [0.2, 0.25) is 0 Å². The first-order chi connectivity index (χ1) is 8.33. The van der Waals surface area contributed by atoms with Crippen molar-refractivity contribution in [3.63, 3.8) is 0 Å². The maximum atomic E-state index is 11.8. The van der Waals surface area contributed by atoms with Crippen molar-refractivity contribution in [3.8, 4) is 0 Å². The van der Waals surface area contributed by atoms with E-state index >= 15 is 0 Å². The van der Waals surface area contributed by atoms with Gasteiger partial charge in [-0.15, -0.1) is 11.3 Å². The molecule has 0 aromatic carbocycles. The summed E-state index contributed by atoms with van der Waals surface area (Å²) in [5.74, 6) is 0.561. The van der Waals surface area contributed by atoms with Crippen molar-refractivity contribution in [2.45, 2.75) is 31.7 Å². The summed E-state index contributed by atoms with van der Waals surface area (Å²) in [6, 6.07) is 0.312. The predicted molar refractivity (Wildman–Crippen MR) is 68.2 cm³/mol. The Kier molecular flexibility index (Phi) is 3.01.